The summed E-state index contributed by atoms with van der Waals surface area (Å²) in [5, 5.41) is 33.5. The normalized spacial score (nSPS) is 23.6. The van der Waals surface area contributed by atoms with Crippen LogP contribution in [0.25, 0.3) is 0 Å². The number of carboxylic acid groups (broad SMARTS) is 3. The molecule has 17 heteroatoms. The summed E-state index contributed by atoms with van der Waals surface area (Å²) in [6.45, 7) is 4.25. The van der Waals surface area contributed by atoms with Crippen LogP contribution in [-0.4, -0.2) is 189 Å². The maximum absolute atomic E-state index is 12.7. The molecule has 1 saturated heterocycles. The van der Waals surface area contributed by atoms with Crippen LogP contribution in [0.15, 0.2) is 12.2 Å². The van der Waals surface area contributed by atoms with Crippen LogP contribution in [0, 0.1) is 17.8 Å². The van der Waals surface area contributed by atoms with Crippen LogP contribution in [0.1, 0.15) is 25.7 Å². The Hall–Kier alpha value is -3.35. The molecule has 17 nitrogen and oxygen atoms in total. The lowest BCUT2D eigenvalue weighted by Crippen LogP contribution is -2.50. The van der Waals surface area contributed by atoms with E-state index in [1.54, 1.807) is 14.7 Å². The number of ether oxygens (including phenoxy) is 3. The van der Waals surface area contributed by atoms with Crippen LogP contribution in [0.2, 0.25) is 0 Å². The first kappa shape index (κ1) is 41.1. The van der Waals surface area contributed by atoms with Crippen molar-refractivity contribution in [1.29, 1.82) is 0 Å². The molecule has 3 atom stereocenters. The van der Waals surface area contributed by atoms with Crippen LogP contribution in [0.5, 0.6) is 0 Å². The van der Waals surface area contributed by atoms with E-state index >= 15 is 0 Å². The third-order valence-electron chi connectivity index (χ3n) is 9.25. The Bertz CT molecular complexity index is 1060. The molecule has 50 heavy (non-hydrogen) atoms. The number of carbonyl (C=O) groups is 5. The van der Waals surface area contributed by atoms with E-state index in [4.69, 9.17) is 14.2 Å². The molecule has 0 aromatic heterocycles. The van der Waals surface area contributed by atoms with Crippen LogP contribution < -0.4 is 10.6 Å². The first-order valence-electron chi connectivity index (χ1n) is 17.6. The standard InChI is InChI=1S/C33H56N6O11/c40-29(34-7-17-48-19-20-49-18-8-35-33(47)50-25-28-26-5-3-1-2-4-6-27(26)28)21-36-9-11-37(22-30(41)42)13-15-39(24-32(45)46)16-14-38(12-10-36)23-31(43)44/h1-2,26-28H,3-25H2,(H,34,40)(H,35,47)(H,41,42)(H,43,44)(H,45,46)/b2-1+/t26-,27+,28-. The van der Waals surface area contributed by atoms with Crippen molar-refractivity contribution in [1.82, 2.24) is 30.2 Å². The van der Waals surface area contributed by atoms with Crippen LogP contribution >= 0.6 is 0 Å². The minimum Gasteiger partial charge on any atom is -0.480 e. The van der Waals surface area contributed by atoms with Gasteiger partial charge in [-0.15, -0.1) is 0 Å². The zero-order chi connectivity index (χ0) is 36.1. The van der Waals surface area contributed by atoms with Crippen molar-refractivity contribution in [3.63, 3.8) is 0 Å². The fourth-order valence-electron chi connectivity index (χ4n) is 6.52. The van der Waals surface area contributed by atoms with Crippen LogP contribution in [0.3, 0.4) is 0 Å². The second-order valence-corrected chi connectivity index (χ2v) is 13.0. The van der Waals surface area contributed by atoms with Crippen molar-refractivity contribution in [2.45, 2.75) is 25.7 Å². The second-order valence-electron chi connectivity index (χ2n) is 13.0. The van der Waals surface area contributed by atoms with Gasteiger partial charge in [0.1, 0.15) is 0 Å². The average Bonchev–Trinajstić information content (AvgIpc) is 3.69. The fourth-order valence-corrected chi connectivity index (χ4v) is 6.52. The van der Waals surface area contributed by atoms with Gasteiger partial charge in [0.05, 0.1) is 59.2 Å². The van der Waals surface area contributed by atoms with Crippen LogP contribution in [0.4, 0.5) is 4.79 Å². The zero-order valence-electron chi connectivity index (χ0n) is 29.0. The average molecular weight is 713 g/mol. The van der Waals surface area contributed by atoms with Crippen molar-refractivity contribution in [2.24, 2.45) is 17.8 Å². The van der Waals surface area contributed by atoms with Gasteiger partial charge in [0, 0.05) is 65.4 Å². The third kappa shape index (κ3) is 17.5. The smallest absolute Gasteiger partial charge is 0.407 e. The van der Waals surface area contributed by atoms with E-state index in [2.05, 4.69) is 22.8 Å². The molecule has 0 radical (unpaired) electrons. The number of alkyl carbamates (subject to hydrolysis) is 1. The highest BCUT2D eigenvalue weighted by atomic mass is 16.6. The summed E-state index contributed by atoms with van der Waals surface area (Å²) in [6.07, 6.45) is 8.63. The predicted octanol–water partition coefficient (Wildman–Crippen LogP) is -0.670. The summed E-state index contributed by atoms with van der Waals surface area (Å²) in [5.74, 6) is -1.45. The Morgan fingerprint density at radius 2 is 0.980 bits per heavy atom. The lowest BCUT2D eigenvalue weighted by molar-refractivity contribution is -0.140. The highest BCUT2D eigenvalue weighted by Gasteiger charge is 2.49. The van der Waals surface area contributed by atoms with Crippen molar-refractivity contribution in [3.8, 4) is 0 Å². The van der Waals surface area contributed by atoms with Gasteiger partial charge in [0.2, 0.25) is 5.91 Å². The summed E-state index contributed by atoms with van der Waals surface area (Å²) in [4.78, 5) is 65.9. The van der Waals surface area contributed by atoms with Gasteiger partial charge in [-0.1, -0.05) is 12.2 Å². The number of aliphatic carboxylic acids is 3. The Kier molecular flexibility index (Phi) is 19.0. The molecule has 3 rings (SSSR count). The van der Waals surface area contributed by atoms with Crippen molar-refractivity contribution in [3.05, 3.63) is 12.2 Å². The zero-order valence-corrected chi connectivity index (χ0v) is 29.0. The minimum atomic E-state index is -1.02. The summed E-state index contributed by atoms with van der Waals surface area (Å²) in [6, 6.07) is 0. The number of hydrogen-bond donors (Lipinski definition) is 5. The van der Waals surface area contributed by atoms with Crippen LogP contribution in [-0.2, 0) is 33.4 Å². The molecule has 2 aliphatic carbocycles. The van der Waals surface area contributed by atoms with Gasteiger partial charge in [-0.05, 0) is 43.4 Å². The first-order chi connectivity index (χ1) is 24.1. The second kappa shape index (κ2) is 23.2. The highest BCUT2D eigenvalue weighted by Crippen LogP contribution is 2.52. The molecule has 1 aliphatic heterocycles. The van der Waals surface area contributed by atoms with Gasteiger partial charge < -0.3 is 40.2 Å². The molecule has 0 spiro atoms. The Morgan fingerprint density at radius 3 is 1.40 bits per heavy atom. The number of hydrogen-bond acceptors (Lipinski definition) is 12. The number of amides is 2. The summed E-state index contributed by atoms with van der Waals surface area (Å²) < 4.78 is 16.4. The number of allylic oxidation sites excluding steroid dienone is 2. The largest absolute Gasteiger partial charge is 0.480 e. The van der Waals surface area contributed by atoms with E-state index in [1.807, 2.05) is 4.90 Å². The molecule has 0 bridgehead atoms. The molecule has 2 amide bonds. The number of carbonyl (C=O) groups excluding carboxylic acids is 2. The SMILES string of the molecule is O=C(O)CN1CCN(CC(=O)O)CCN(CC(=O)NCCOCCOCCNC(=O)OC[C@@H]2[C@@H]3CC/C=C/CC[C@@H]32)CCN(CC(=O)O)CC1. The van der Waals surface area contributed by atoms with Gasteiger partial charge in [-0.2, -0.15) is 0 Å². The first-order valence-corrected chi connectivity index (χ1v) is 17.6. The van der Waals surface area contributed by atoms with Gasteiger partial charge in [-0.3, -0.25) is 38.8 Å². The number of carboxylic acids is 3. The predicted molar refractivity (Wildman–Crippen MR) is 181 cm³/mol. The number of nitrogens with zero attached hydrogens (tertiary/aromatic N) is 4. The molecule has 0 unspecified atom stereocenters. The molecule has 284 valence electrons. The number of rotatable bonds is 19. The number of nitrogens with one attached hydrogen (secondary N) is 2. The van der Waals surface area contributed by atoms with E-state index in [9.17, 15) is 39.3 Å². The van der Waals surface area contributed by atoms with Gasteiger partial charge in [0.15, 0.2) is 0 Å². The Balaban J connectivity index is 1.28. The molecular formula is C33H56N6O11. The molecular weight excluding hydrogens is 656 g/mol. The topological polar surface area (TPSA) is 211 Å². The van der Waals surface area contributed by atoms with Crippen molar-refractivity contribution in [2.75, 3.05) is 125 Å². The Labute approximate surface area is 293 Å². The molecule has 5 N–H and O–H groups in total. The fraction of sp³-hybridized carbons (Fsp3) is 0.788. The van der Waals surface area contributed by atoms with Gasteiger partial charge in [-0.25, -0.2) is 4.79 Å². The lowest BCUT2D eigenvalue weighted by atomic mass is 10.1. The minimum absolute atomic E-state index is 0.0325. The number of fused-ring (bicyclic) bond motifs is 1. The summed E-state index contributed by atoms with van der Waals surface area (Å²) in [5.41, 5.74) is 0. The summed E-state index contributed by atoms with van der Waals surface area (Å²) in [7, 11) is 0. The monoisotopic (exact) mass is 712 g/mol. The van der Waals surface area contributed by atoms with E-state index < -0.39 is 24.0 Å². The Morgan fingerprint density at radius 1 is 0.580 bits per heavy atom. The van der Waals surface area contributed by atoms with E-state index in [0.717, 1.165) is 12.8 Å². The lowest BCUT2D eigenvalue weighted by Gasteiger charge is -2.32. The quantitative estimate of drug-likeness (QED) is 0.0831. The maximum atomic E-state index is 12.7. The van der Waals surface area contributed by atoms with E-state index in [0.29, 0.717) is 103 Å². The molecule has 0 aromatic rings. The molecule has 0 aromatic carbocycles. The molecule has 3 aliphatic rings. The maximum Gasteiger partial charge on any atom is 0.407 e. The third-order valence-corrected chi connectivity index (χ3v) is 9.25. The van der Waals surface area contributed by atoms with Crippen molar-refractivity contribution >= 4 is 29.9 Å². The van der Waals surface area contributed by atoms with Crippen molar-refractivity contribution < 1.29 is 53.5 Å². The highest BCUT2D eigenvalue weighted by molar-refractivity contribution is 5.78. The molecule has 1 heterocycles. The van der Waals surface area contributed by atoms with E-state index in [-0.39, 0.29) is 45.2 Å². The van der Waals surface area contributed by atoms with E-state index in [1.165, 1.54) is 12.8 Å². The molecule has 1 saturated carbocycles. The van der Waals surface area contributed by atoms with Gasteiger partial charge >= 0.3 is 24.0 Å². The summed E-state index contributed by atoms with van der Waals surface area (Å²) >= 11 is 0. The molecule has 2 fully saturated rings. The van der Waals surface area contributed by atoms with Gasteiger partial charge in [0.25, 0.3) is 0 Å².